The lowest BCUT2D eigenvalue weighted by atomic mass is 9.85. The number of benzene rings is 1. The molecule has 1 fully saturated rings. The van der Waals surface area contributed by atoms with E-state index in [9.17, 15) is 4.79 Å². The molecule has 0 spiro atoms. The highest BCUT2D eigenvalue weighted by Crippen LogP contribution is 2.28. The summed E-state index contributed by atoms with van der Waals surface area (Å²) in [5.41, 5.74) is 2.32. The van der Waals surface area contributed by atoms with E-state index in [0.717, 1.165) is 18.0 Å². The largest absolute Gasteiger partial charge is 0.469 e. The van der Waals surface area contributed by atoms with Gasteiger partial charge in [0.05, 0.1) is 13.5 Å². The molecule has 21 heavy (non-hydrogen) atoms. The number of nitrogens with zero attached hydrogens (tertiary/aromatic N) is 1. The summed E-state index contributed by atoms with van der Waals surface area (Å²) >= 11 is 0. The van der Waals surface area contributed by atoms with Crippen molar-refractivity contribution in [1.82, 2.24) is 4.90 Å². The van der Waals surface area contributed by atoms with Gasteiger partial charge >= 0.3 is 5.97 Å². The van der Waals surface area contributed by atoms with Gasteiger partial charge < -0.3 is 4.74 Å². The zero-order valence-electron chi connectivity index (χ0n) is 13.5. The molecule has 1 aromatic rings. The first-order valence-electron chi connectivity index (χ1n) is 7.95. The standard InChI is InChI=1S/C18H27NO2/c1-14-8-4-7-11-17(14)19(2)13-16-10-6-5-9-15(16)12-18(20)21-3/h5-6,9-10,14,17H,4,7-8,11-13H2,1-3H3. The lowest BCUT2D eigenvalue weighted by Crippen LogP contribution is -2.38. The number of carbonyl (C=O) groups is 1. The van der Waals surface area contributed by atoms with Crippen molar-refractivity contribution in [2.45, 2.75) is 51.6 Å². The number of ether oxygens (including phenoxy) is 1. The van der Waals surface area contributed by atoms with E-state index in [-0.39, 0.29) is 5.97 Å². The van der Waals surface area contributed by atoms with Gasteiger partial charge in [-0.3, -0.25) is 9.69 Å². The maximum Gasteiger partial charge on any atom is 0.309 e. The summed E-state index contributed by atoms with van der Waals surface area (Å²) in [4.78, 5) is 14.0. The molecule has 0 heterocycles. The smallest absolute Gasteiger partial charge is 0.309 e. The Kier molecular flexibility index (Phi) is 5.80. The Labute approximate surface area is 128 Å². The average Bonchev–Trinajstić information content (AvgIpc) is 2.49. The molecule has 0 N–H and O–H groups in total. The second-order valence-corrected chi connectivity index (χ2v) is 6.27. The first-order valence-corrected chi connectivity index (χ1v) is 7.95. The Bertz CT molecular complexity index is 472. The van der Waals surface area contributed by atoms with Crippen LogP contribution in [0, 0.1) is 5.92 Å². The topological polar surface area (TPSA) is 29.5 Å². The number of rotatable bonds is 5. The van der Waals surface area contributed by atoms with Gasteiger partial charge in [0.15, 0.2) is 0 Å². The molecule has 2 atom stereocenters. The number of carbonyl (C=O) groups excluding carboxylic acids is 1. The van der Waals surface area contributed by atoms with E-state index in [4.69, 9.17) is 4.74 Å². The fraction of sp³-hybridized carbons (Fsp3) is 0.611. The second kappa shape index (κ2) is 7.60. The van der Waals surface area contributed by atoms with Gasteiger partial charge in [0.25, 0.3) is 0 Å². The predicted molar refractivity (Wildman–Crippen MR) is 85.0 cm³/mol. The highest BCUT2D eigenvalue weighted by Gasteiger charge is 2.25. The van der Waals surface area contributed by atoms with Gasteiger partial charge in [-0.25, -0.2) is 0 Å². The number of esters is 1. The van der Waals surface area contributed by atoms with Crippen molar-refractivity contribution in [3.63, 3.8) is 0 Å². The number of methoxy groups -OCH3 is 1. The highest BCUT2D eigenvalue weighted by molar-refractivity contribution is 5.72. The molecule has 2 rings (SSSR count). The molecule has 0 aromatic heterocycles. The normalized spacial score (nSPS) is 22.3. The first kappa shape index (κ1) is 16.0. The number of hydrogen-bond acceptors (Lipinski definition) is 3. The molecule has 3 nitrogen and oxygen atoms in total. The minimum atomic E-state index is -0.170. The molecular formula is C18H27NO2. The molecule has 0 bridgehead atoms. The van der Waals surface area contributed by atoms with Crippen molar-refractivity contribution in [3.05, 3.63) is 35.4 Å². The van der Waals surface area contributed by atoms with Gasteiger partial charge in [0.1, 0.15) is 0 Å². The van der Waals surface area contributed by atoms with Gasteiger partial charge in [-0.1, -0.05) is 44.0 Å². The quantitative estimate of drug-likeness (QED) is 0.778. The maximum absolute atomic E-state index is 11.5. The van der Waals surface area contributed by atoms with Crippen LogP contribution in [0.25, 0.3) is 0 Å². The first-order chi connectivity index (χ1) is 10.1. The lowest BCUT2D eigenvalue weighted by Gasteiger charge is -2.36. The molecule has 0 saturated heterocycles. The van der Waals surface area contributed by atoms with Crippen LogP contribution in [0.15, 0.2) is 24.3 Å². The summed E-state index contributed by atoms with van der Waals surface area (Å²) in [6, 6.07) is 8.86. The highest BCUT2D eigenvalue weighted by atomic mass is 16.5. The van der Waals surface area contributed by atoms with Crippen molar-refractivity contribution in [2.75, 3.05) is 14.2 Å². The monoisotopic (exact) mass is 289 g/mol. The van der Waals surface area contributed by atoms with Crippen LogP contribution < -0.4 is 0 Å². The van der Waals surface area contributed by atoms with Crippen molar-refractivity contribution in [3.8, 4) is 0 Å². The molecule has 1 aliphatic carbocycles. The van der Waals surface area contributed by atoms with Gasteiger partial charge in [0.2, 0.25) is 0 Å². The van der Waals surface area contributed by atoms with Crippen LogP contribution in [-0.2, 0) is 22.5 Å². The van der Waals surface area contributed by atoms with Gasteiger partial charge in [-0.2, -0.15) is 0 Å². The molecule has 0 aliphatic heterocycles. The molecule has 0 amide bonds. The van der Waals surface area contributed by atoms with Gasteiger partial charge in [0, 0.05) is 12.6 Å². The Morgan fingerprint density at radius 3 is 2.57 bits per heavy atom. The summed E-state index contributed by atoms with van der Waals surface area (Å²) in [5.74, 6) is 0.590. The third kappa shape index (κ3) is 4.31. The zero-order chi connectivity index (χ0) is 15.2. The Morgan fingerprint density at radius 2 is 1.90 bits per heavy atom. The van der Waals surface area contributed by atoms with Crippen molar-refractivity contribution >= 4 is 5.97 Å². The molecule has 2 unspecified atom stereocenters. The maximum atomic E-state index is 11.5. The lowest BCUT2D eigenvalue weighted by molar-refractivity contribution is -0.139. The molecule has 116 valence electrons. The Hall–Kier alpha value is -1.35. The molecule has 1 aliphatic rings. The Morgan fingerprint density at radius 1 is 1.24 bits per heavy atom. The van der Waals surface area contributed by atoms with E-state index in [1.54, 1.807) is 0 Å². The average molecular weight is 289 g/mol. The van der Waals surface area contributed by atoms with Crippen LogP contribution in [-0.4, -0.2) is 31.1 Å². The number of hydrogen-bond donors (Lipinski definition) is 0. The van der Waals surface area contributed by atoms with E-state index in [0.29, 0.717) is 12.5 Å². The van der Waals surface area contributed by atoms with Crippen molar-refractivity contribution < 1.29 is 9.53 Å². The molecule has 1 aromatic carbocycles. The summed E-state index contributed by atoms with van der Waals surface area (Å²) in [6.45, 7) is 3.27. The SMILES string of the molecule is COC(=O)Cc1ccccc1CN(C)C1CCCCC1C. The summed E-state index contributed by atoms with van der Waals surface area (Å²) < 4.78 is 4.79. The van der Waals surface area contributed by atoms with Crippen LogP contribution >= 0.6 is 0 Å². The Balaban J connectivity index is 2.06. The van der Waals surface area contributed by atoms with Crippen LogP contribution in [0.2, 0.25) is 0 Å². The molecule has 1 saturated carbocycles. The summed E-state index contributed by atoms with van der Waals surface area (Å²) in [5, 5.41) is 0. The zero-order valence-corrected chi connectivity index (χ0v) is 13.5. The van der Waals surface area contributed by atoms with Crippen LogP contribution in [0.3, 0.4) is 0 Å². The van der Waals surface area contributed by atoms with Gasteiger partial charge in [-0.15, -0.1) is 0 Å². The minimum Gasteiger partial charge on any atom is -0.469 e. The van der Waals surface area contributed by atoms with E-state index in [1.807, 2.05) is 18.2 Å². The minimum absolute atomic E-state index is 0.170. The van der Waals surface area contributed by atoms with Crippen molar-refractivity contribution in [2.24, 2.45) is 5.92 Å². The second-order valence-electron chi connectivity index (χ2n) is 6.27. The summed E-state index contributed by atoms with van der Waals surface area (Å²) in [7, 11) is 3.65. The van der Waals surface area contributed by atoms with Crippen LogP contribution in [0.5, 0.6) is 0 Å². The third-order valence-corrected chi connectivity index (χ3v) is 4.73. The molecular weight excluding hydrogens is 262 g/mol. The van der Waals surface area contributed by atoms with E-state index in [1.165, 1.54) is 38.4 Å². The predicted octanol–water partition coefficient (Wildman–Crippen LogP) is 3.41. The van der Waals surface area contributed by atoms with Gasteiger partial charge in [-0.05, 0) is 36.9 Å². The molecule has 3 heteroatoms. The van der Waals surface area contributed by atoms with Crippen LogP contribution in [0.1, 0.15) is 43.7 Å². The van der Waals surface area contributed by atoms with Crippen LogP contribution in [0.4, 0.5) is 0 Å². The molecule has 0 radical (unpaired) electrons. The fourth-order valence-electron chi connectivity index (χ4n) is 3.45. The van der Waals surface area contributed by atoms with E-state index < -0.39 is 0 Å². The summed E-state index contributed by atoms with van der Waals surface area (Å²) in [6.07, 6.45) is 5.68. The van der Waals surface area contributed by atoms with E-state index in [2.05, 4.69) is 24.9 Å². The fourth-order valence-corrected chi connectivity index (χ4v) is 3.45. The third-order valence-electron chi connectivity index (χ3n) is 4.73. The van der Waals surface area contributed by atoms with E-state index >= 15 is 0 Å². The van der Waals surface area contributed by atoms with Crippen molar-refractivity contribution in [1.29, 1.82) is 0 Å².